The number of pyridine rings is 1. The number of hydrogen-bond donors (Lipinski definition) is 2. The van der Waals surface area contributed by atoms with E-state index in [0.29, 0.717) is 29.8 Å². The van der Waals surface area contributed by atoms with Gasteiger partial charge in [0.05, 0.1) is 11.1 Å². The van der Waals surface area contributed by atoms with E-state index in [2.05, 4.69) is 15.0 Å². The lowest BCUT2D eigenvalue weighted by Crippen LogP contribution is -2.36. The summed E-state index contributed by atoms with van der Waals surface area (Å²) in [7, 11) is -3.84. The van der Waals surface area contributed by atoms with Crippen molar-refractivity contribution < 1.29 is 8.42 Å². The topological polar surface area (TPSA) is 110 Å². The Bertz CT molecular complexity index is 1310. The van der Waals surface area contributed by atoms with Crippen molar-refractivity contribution in [3.63, 3.8) is 0 Å². The van der Waals surface area contributed by atoms with Crippen LogP contribution in [0.15, 0.2) is 52.8 Å². The minimum absolute atomic E-state index is 0.00130. The first-order chi connectivity index (χ1) is 13.5. The van der Waals surface area contributed by atoms with Gasteiger partial charge in [0.1, 0.15) is 16.7 Å². The van der Waals surface area contributed by atoms with E-state index >= 15 is 0 Å². The maximum Gasteiger partial charge on any atom is 0.252 e. The second kappa shape index (κ2) is 6.05. The Kier molecular flexibility index (Phi) is 3.72. The van der Waals surface area contributed by atoms with Gasteiger partial charge in [0.2, 0.25) is 9.84 Å². The van der Waals surface area contributed by atoms with Crippen LogP contribution in [0, 0.1) is 6.92 Å². The Labute approximate surface area is 161 Å². The first-order valence-corrected chi connectivity index (χ1v) is 10.6. The van der Waals surface area contributed by atoms with Gasteiger partial charge in [-0.05, 0) is 31.0 Å². The Balaban J connectivity index is 1.85. The highest BCUT2D eigenvalue weighted by atomic mass is 32.2. The SMILES string of the molecule is Cc1ccccc1S(=O)(=O)c1nc2cnc3[nH]ccc3c2n1N1CC[C@@H](N)C1. The molecule has 0 bridgehead atoms. The minimum atomic E-state index is -3.84. The van der Waals surface area contributed by atoms with Crippen LogP contribution in [0.1, 0.15) is 12.0 Å². The van der Waals surface area contributed by atoms with Crippen LogP contribution in [-0.2, 0) is 9.84 Å². The van der Waals surface area contributed by atoms with Crippen molar-refractivity contribution in [2.24, 2.45) is 5.73 Å². The van der Waals surface area contributed by atoms with Crippen LogP contribution in [-0.4, -0.2) is 47.2 Å². The zero-order valence-electron chi connectivity index (χ0n) is 15.3. The Morgan fingerprint density at radius 3 is 2.82 bits per heavy atom. The molecule has 0 amide bonds. The van der Waals surface area contributed by atoms with Crippen LogP contribution < -0.4 is 10.7 Å². The van der Waals surface area contributed by atoms with Gasteiger partial charge >= 0.3 is 0 Å². The molecule has 1 aliphatic rings. The van der Waals surface area contributed by atoms with E-state index in [0.717, 1.165) is 17.3 Å². The van der Waals surface area contributed by atoms with Gasteiger partial charge in [-0.2, -0.15) is 0 Å². The van der Waals surface area contributed by atoms with E-state index in [1.165, 1.54) is 0 Å². The lowest BCUT2D eigenvalue weighted by molar-refractivity contribution is 0.556. The van der Waals surface area contributed by atoms with Crippen LogP contribution >= 0.6 is 0 Å². The van der Waals surface area contributed by atoms with Crippen molar-refractivity contribution in [1.82, 2.24) is 19.6 Å². The number of benzene rings is 1. The molecule has 0 radical (unpaired) electrons. The lowest BCUT2D eigenvalue weighted by Gasteiger charge is -2.23. The van der Waals surface area contributed by atoms with Crippen LogP contribution in [0.25, 0.3) is 22.1 Å². The predicted molar refractivity (Wildman–Crippen MR) is 107 cm³/mol. The molecular formula is C19H20N6O2S. The Morgan fingerprint density at radius 1 is 1.25 bits per heavy atom. The monoisotopic (exact) mass is 396 g/mol. The summed E-state index contributed by atoms with van der Waals surface area (Å²) in [5.74, 6) is 0. The number of hydrogen-bond acceptors (Lipinski definition) is 6. The van der Waals surface area contributed by atoms with Gasteiger partial charge in [0, 0.05) is 30.7 Å². The number of H-pyrrole nitrogens is 1. The molecular weight excluding hydrogens is 376 g/mol. The first-order valence-electron chi connectivity index (χ1n) is 9.13. The highest BCUT2D eigenvalue weighted by Gasteiger charge is 2.32. The second-order valence-electron chi connectivity index (χ2n) is 7.17. The van der Waals surface area contributed by atoms with Crippen LogP contribution in [0.4, 0.5) is 0 Å². The molecule has 0 unspecified atom stereocenters. The van der Waals surface area contributed by atoms with Crippen molar-refractivity contribution in [2.75, 3.05) is 18.1 Å². The van der Waals surface area contributed by atoms with Crippen molar-refractivity contribution >= 4 is 31.9 Å². The predicted octanol–water partition coefficient (Wildman–Crippen LogP) is 1.72. The van der Waals surface area contributed by atoms with E-state index in [-0.39, 0.29) is 16.1 Å². The number of nitrogens with two attached hydrogens (primary N) is 1. The molecule has 1 fully saturated rings. The number of aryl methyl sites for hydroxylation is 1. The highest BCUT2D eigenvalue weighted by molar-refractivity contribution is 7.91. The summed E-state index contributed by atoms with van der Waals surface area (Å²) in [5, 5.41) is 2.80. The number of rotatable bonds is 3. The molecule has 1 saturated heterocycles. The van der Waals surface area contributed by atoms with Gasteiger partial charge in [0.15, 0.2) is 0 Å². The molecule has 8 nitrogen and oxygen atoms in total. The highest BCUT2D eigenvalue weighted by Crippen LogP contribution is 2.31. The summed E-state index contributed by atoms with van der Waals surface area (Å²) in [5.41, 5.74) is 8.77. The molecule has 3 N–H and O–H groups in total. The zero-order valence-corrected chi connectivity index (χ0v) is 16.1. The quantitative estimate of drug-likeness (QED) is 0.546. The van der Waals surface area contributed by atoms with E-state index < -0.39 is 9.84 Å². The first kappa shape index (κ1) is 17.2. The fourth-order valence-corrected chi connectivity index (χ4v) is 5.48. The van der Waals surface area contributed by atoms with Crippen molar-refractivity contribution in [2.45, 2.75) is 29.4 Å². The fraction of sp³-hybridized carbons (Fsp3) is 0.263. The lowest BCUT2D eigenvalue weighted by atomic mass is 10.2. The molecule has 4 heterocycles. The van der Waals surface area contributed by atoms with E-state index in [4.69, 9.17) is 5.73 Å². The third-order valence-corrected chi connectivity index (χ3v) is 7.04. The molecule has 9 heteroatoms. The van der Waals surface area contributed by atoms with Crippen molar-refractivity contribution in [3.8, 4) is 0 Å². The third-order valence-electron chi connectivity index (χ3n) is 5.26. The number of nitrogens with zero attached hydrogens (tertiary/aromatic N) is 4. The second-order valence-corrected chi connectivity index (χ2v) is 8.98. The van der Waals surface area contributed by atoms with Gasteiger partial charge in [-0.25, -0.2) is 23.1 Å². The largest absolute Gasteiger partial charge is 0.346 e. The number of aromatic amines is 1. The van der Waals surface area contributed by atoms with Gasteiger partial charge in [-0.1, -0.05) is 18.2 Å². The number of imidazole rings is 1. The molecule has 0 aliphatic carbocycles. The number of fused-ring (bicyclic) bond motifs is 3. The summed E-state index contributed by atoms with van der Waals surface area (Å²) in [4.78, 5) is 12.2. The molecule has 144 valence electrons. The standard InChI is InChI=1S/C19H20N6O2S/c1-12-4-2-3-5-16(12)28(26,27)19-23-15-10-22-18-14(6-8-21-18)17(15)25(19)24-9-7-13(20)11-24/h2-6,8,10,13H,7,9,11,20H2,1H3,(H,21,22)/t13-/m1/s1. The average molecular weight is 396 g/mol. The van der Waals surface area contributed by atoms with Gasteiger partial charge in [-0.15, -0.1) is 0 Å². The third kappa shape index (κ3) is 2.43. The average Bonchev–Trinajstić information content (AvgIpc) is 3.38. The smallest absolute Gasteiger partial charge is 0.252 e. The summed E-state index contributed by atoms with van der Waals surface area (Å²) in [6.45, 7) is 3.02. The van der Waals surface area contributed by atoms with Crippen molar-refractivity contribution in [1.29, 1.82) is 0 Å². The van der Waals surface area contributed by atoms with Crippen LogP contribution in [0.2, 0.25) is 0 Å². The summed E-state index contributed by atoms with van der Waals surface area (Å²) < 4.78 is 28.9. The summed E-state index contributed by atoms with van der Waals surface area (Å²) in [6, 6.07) is 8.85. The molecule has 0 spiro atoms. The summed E-state index contributed by atoms with van der Waals surface area (Å²) in [6.07, 6.45) is 4.20. The van der Waals surface area contributed by atoms with Crippen molar-refractivity contribution in [3.05, 3.63) is 48.3 Å². The Hall–Kier alpha value is -2.91. The van der Waals surface area contributed by atoms with E-state index in [9.17, 15) is 8.42 Å². The molecule has 0 saturated carbocycles. The molecule has 5 rings (SSSR count). The molecule has 1 aliphatic heterocycles. The minimum Gasteiger partial charge on any atom is -0.346 e. The molecule has 4 aromatic rings. The van der Waals surface area contributed by atoms with Gasteiger partial charge in [-0.3, -0.25) is 0 Å². The Morgan fingerprint density at radius 2 is 2.07 bits per heavy atom. The number of aromatic nitrogens is 4. The molecule has 1 atom stereocenters. The molecule has 28 heavy (non-hydrogen) atoms. The number of nitrogens with one attached hydrogen (secondary N) is 1. The summed E-state index contributed by atoms with van der Waals surface area (Å²) >= 11 is 0. The van der Waals surface area contributed by atoms with Gasteiger partial charge in [0.25, 0.3) is 5.16 Å². The van der Waals surface area contributed by atoms with Crippen LogP contribution in [0.3, 0.4) is 0 Å². The van der Waals surface area contributed by atoms with Crippen LogP contribution in [0.5, 0.6) is 0 Å². The maximum absolute atomic E-state index is 13.6. The van der Waals surface area contributed by atoms with E-state index in [1.54, 1.807) is 42.2 Å². The number of sulfone groups is 1. The molecule has 1 aromatic carbocycles. The normalized spacial score (nSPS) is 17.8. The molecule has 3 aromatic heterocycles. The van der Waals surface area contributed by atoms with Gasteiger partial charge < -0.3 is 15.7 Å². The fourth-order valence-electron chi connectivity index (χ4n) is 3.88. The zero-order chi connectivity index (χ0) is 19.5. The van der Waals surface area contributed by atoms with E-state index in [1.807, 2.05) is 17.1 Å². The maximum atomic E-state index is 13.6.